The molecule has 1 saturated heterocycles. The molecule has 0 bridgehead atoms. The van der Waals surface area contributed by atoms with Crippen LogP contribution < -0.4 is 5.32 Å². The summed E-state index contributed by atoms with van der Waals surface area (Å²) in [5, 5.41) is 3.23. The average Bonchev–Trinajstić information content (AvgIpc) is 3.00. The van der Waals surface area contributed by atoms with E-state index in [0.29, 0.717) is 0 Å². The molecule has 18 heavy (non-hydrogen) atoms. The van der Waals surface area contributed by atoms with E-state index in [1.807, 2.05) is 22.7 Å². The summed E-state index contributed by atoms with van der Waals surface area (Å²) in [6, 6.07) is 0.0493. The lowest BCUT2D eigenvalue weighted by Crippen LogP contribution is -2.42. The second-order valence-corrected chi connectivity index (χ2v) is 4.56. The van der Waals surface area contributed by atoms with Crippen molar-refractivity contribution in [1.82, 2.24) is 19.8 Å². The van der Waals surface area contributed by atoms with Gasteiger partial charge in [-0.25, -0.2) is 4.98 Å². The normalized spacial score (nSPS) is 18.4. The minimum absolute atomic E-state index is 0. The molecule has 1 aromatic rings. The molecule has 1 amide bonds. The molecule has 1 aromatic heterocycles. The highest BCUT2D eigenvalue weighted by Crippen LogP contribution is 2.08. The van der Waals surface area contributed by atoms with Crippen molar-refractivity contribution in [3.8, 4) is 0 Å². The zero-order valence-electron chi connectivity index (χ0n) is 10.7. The Hall–Kier alpha value is -1.07. The Morgan fingerprint density at radius 2 is 2.44 bits per heavy atom. The maximum Gasteiger partial charge on any atom is 0.239 e. The quantitative estimate of drug-likeness (QED) is 0.867. The first kappa shape index (κ1) is 15.0. The third kappa shape index (κ3) is 3.99. The molecule has 1 unspecified atom stereocenters. The zero-order chi connectivity index (χ0) is 12.1. The maximum absolute atomic E-state index is 12.0. The van der Waals surface area contributed by atoms with E-state index in [2.05, 4.69) is 10.3 Å². The van der Waals surface area contributed by atoms with Crippen molar-refractivity contribution >= 4 is 18.3 Å². The van der Waals surface area contributed by atoms with Crippen molar-refractivity contribution in [2.24, 2.45) is 0 Å². The van der Waals surface area contributed by atoms with Crippen molar-refractivity contribution in [1.29, 1.82) is 0 Å². The molecule has 0 aliphatic carbocycles. The van der Waals surface area contributed by atoms with Gasteiger partial charge in [-0.2, -0.15) is 0 Å². The van der Waals surface area contributed by atoms with Crippen molar-refractivity contribution in [3.63, 3.8) is 0 Å². The summed E-state index contributed by atoms with van der Waals surface area (Å²) < 4.78 is 2.03. The molecule has 0 aromatic carbocycles. The highest BCUT2D eigenvalue weighted by Gasteiger charge is 2.24. The van der Waals surface area contributed by atoms with Gasteiger partial charge in [-0.15, -0.1) is 12.4 Å². The lowest BCUT2D eigenvalue weighted by Gasteiger charge is -2.21. The molecule has 102 valence electrons. The second-order valence-electron chi connectivity index (χ2n) is 4.56. The third-order valence-corrected chi connectivity index (χ3v) is 3.20. The molecular formula is C12H21ClN4O. The van der Waals surface area contributed by atoms with E-state index in [1.165, 1.54) is 0 Å². The summed E-state index contributed by atoms with van der Waals surface area (Å²) in [4.78, 5) is 17.8. The first-order valence-electron chi connectivity index (χ1n) is 6.21. The Bertz CT molecular complexity index is 349. The van der Waals surface area contributed by atoms with E-state index < -0.39 is 0 Å². The number of imidazole rings is 1. The van der Waals surface area contributed by atoms with E-state index in [-0.39, 0.29) is 24.4 Å². The van der Waals surface area contributed by atoms with E-state index in [4.69, 9.17) is 0 Å². The van der Waals surface area contributed by atoms with E-state index >= 15 is 0 Å². The third-order valence-electron chi connectivity index (χ3n) is 3.20. The SMILES string of the molecule is CN(CCCn1ccnc1)C(=O)C1CCCN1.Cl. The van der Waals surface area contributed by atoms with Gasteiger partial charge in [0.05, 0.1) is 12.4 Å². The number of likely N-dealkylation sites (N-methyl/N-ethyl adjacent to an activating group) is 1. The van der Waals surface area contributed by atoms with Crippen LogP contribution in [0.25, 0.3) is 0 Å². The molecule has 6 heteroatoms. The van der Waals surface area contributed by atoms with Crippen LogP contribution in [0.2, 0.25) is 0 Å². The van der Waals surface area contributed by atoms with Crippen LogP contribution in [-0.4, -0.2) is 46.5 Å². The Morgan fingerprint density at radius 3 is 3.06 bits per heavy atom. The fourth-order valence-electron chi connectivity index (χ4n) is 2.18. The molecule has 0 radical (unpaired) electrons. The number of carbonyl (C=O) groups excluding carboxylic acids is 1. The topological polar surface area (TPSA) is 50.2 Å². The lowest BCUT2D eigenvalue weighted by molar-refractivity contribution is -0.131. The van der Waals surface area contributed by atoms with Crippen molar-refractivity contribution < 1.29 is 4.79 Å². The summed E-state index contributed by atoms with van der Waals surface area (Å²) >= 11 is 0. The fourth-order valence-corrected chi connectivity index (χ4v) is 2.18. The summed E-state index contributed by atoms with van der Waals surface area (Å²) in [7, 11) is 1.89. The van der Waals surface area contributed by atoms with Crippen LogP contribution in [0, 0.1) is 0 Å². The average molecular weight is 273 g/mol. The second kappa shape index (κ2) is 7.38. The monoisotopic (exact) mass is 272 g/mol. The Balaban J connectivity index is 0.00000162. The number of hydrogen-bond acceptors (Lipinski definition) is 3. The molecule has 0 spiro atoms. The molecule has 5 nitrogen and oxygen atoms in total. The Kier molecular flexibility index (Phi) is 6.15. The molecule has 1 aliphatic heterocycles. The predicted molar refractivity (Wildman–Crippen MR) is 72.8 cm³/mol. The molecule has 1 aliphatic rings. The number of rotatable bonds is 5. The number of nitrogens with zero attached hydrogens (tertiary/aromatic N) is 3. The first-order valence-corrected chi connectivity index (χ1v) is 6.21. The van der Waals surface area contributed by atoms with Crippen LogP contribution in [0.5, 0.6) is 0 Å². The van der Waals surface area contributed by atoms with Crippen LogP contribution in [0.15, 0.2) is 18.7 Å². The van der Waals surface area contributed by atoms with Gasteiger partial charge >= 0.3 is 0 Å². The van der Waals surface area contributed by atoms with Crippen LogP contribution in [-0.2, 0) is 11.3 Å². The number of aromatic nitrogens is 2. The number of hydrogen-bond donors (Lipinski definition) is 1. The number of halogens is 1. The number of nitrogens with one attached hydrogen (secondary N) is 1. The number of aryl methyl sites for hydroxylation is 1. The number of amides is 1. The summed E-state index contributed by atoms with van der Waals surface area (Å²) in [5.41, 5.74) is 0. The lowest BCUT2D eigenvalue weighted by atomic mass is 10.2. The summed E-state index contributed by atoms with van der Waals surface area (Å²) in [6.07, 6.45) is 8.58. The molecule has 1 N–H and O–H groups in total. The smallest absolute Gasteiger partial charge is 0.239 e. The van der Waals surface area contributed by atoms with Crippen LogP contribution in [0.1, 0.15) is 19.3 Å². The van der Waals surface area contributed by atoms with Crippen molar-refractivity contribution in [3.05, 3.63) is 18.7 Å². The Morgan fingerprint density at radius 1 is 1.61 bits per heavy atom. The highest BCUT2D eigenvalue weighted by molar-refractivity contribution is 5.85. The zero-order valence-corrected chi connectivity index (χ0v) is 11.5. The molecule has 1 atom stereocenters. The minimum Gasteiger partial charge on any atom is -0.344 e. The standard InChI is InChI=1S/C12H20N4O.ClH/c1-15(12(17)11-4-2-5-14-11)7-3-8-16-9-6-13-10-16;/h6,9-11,14H,2-5,7-8H2,1H3;1H. The van der Waals surface area contributed by atoms with Gasteiger partial charge in [0, 0.05) is 32.5 Å². The first-order chi connectivity index (χ1) is 8.27. The van der Waals surface area contributed by atoms with Gasteiger partial charge in [-0.05, 0) is 25.8 Å². The predicted octanol–water partition coefficient (Wildman–Crippen LogP) is 0.905. The molecule has 2 rings (SSSR count). The number of carbonyl (C=O) groups is 1. The van der Waals surface area contributed by atoms with Crippen LogP contribution in [0.4, 0.5) is 0 Å². The van der Waals surface area contributed by atoms with Crippen LogP contribution in [0.3, 0.4) is 0 Å². The highest BCUT2D eigenvalue weighted by atomic mass is 35.5. The van der Waals surface area contributed by atoms with Crippen molar-refractivity contribution in [2.45, 2.75) is 31.8 Å². The van der Waals surface area contributed by atoms with Gasteiger partial charge in [0.25, 0.3) is 0 Å². The molecular weight excluding hydrogens is 252 g/mol. The Labute approximate surface area is 114 Å². The van der Waals surface area contributed by atoms with Gasteiger partial charge in [-0.1, -0.05) is 0 Å². The minimum atomic E-state index is 0. The fraction of sp³-hybridized carbons (Fsp3) is 0.667. The van der Waals surface area contributed by atoms with Gasteiger partial charge < -0.3 is 14.8 Å². The van der Waals surface area contributed by atoms with E-state index in [1.54, 1.807) is 12.5 Å². The molecule has 2 heterocycles. The van der Waals surface area contributed by atoms with Gasteiger partial charge in [0.15, 0.2) is 0 Å². The largest absolute Gasteiger partial charge is 0.344 e. The van der Waals surface area contributed by atoms with Gasteiger partial charge in [-0.3, -0.25) is 4.79 Å². The molecule has 0 saturated carbocycles. The summed E-state index contributed by atoms with van der Waals surface area (Å²) in [6.45, 7) is 2.68. The summed E-state index contributed by atoms with van der Waals surface area (Å²) in [5.74, 6) is 0.230. The van der Waals surface area contributed by atoms with E-state index in [0.717, 1.165) is 38.9 Å². The van der Waals surface area contributed by atoms with Crippen LogP contribution >= 0.6 is 12.4 Å². The van der Waals surface area contributed by atoms with Crippen molar-refractivity contribution in [2.75, 3.05) is 20.1 Å². The van der Waals surface area contributed by atoms with E-state index in [9.17, 15) is 4.79 Å². The van der Waals surface area contributed by atoms with Gasteiger partial charge in [0.1, 0.15) is 0 Å². The maximum atomic E-state index is 12.0. The molecule has 1 fully saturated rings. The van der Waals surface area contributed by atoms with Gasteiger partial charge in [0.2, 0.25) is 5.91 Å².